The van der Waals surface area contributed by atoms with E-state index in [1.54, 1.807) is 23.1 Å². The lowest BCUT2D eigenvalue weighted by Gasteiger charge is -2.32. The van der Waals surface area contributed by atoms with Crippen LogP contribution in [0.3, 0.4) is 0 Å². The highest BCUT2D eigenvalue weighted by atomic mass is 35.5. The maximum absolute atomic E-state index is 6.33. The number of hydrogen-bond acceptors (Lipinski definition) is 7. The van der Waals surface area contributed by atoms with Crippen molar-refractivity contribution in [2.75, 3.05) is 24.6 Å². The minimum atomic E-state index is 0.251. The molecule has 0 spiro atoms. The Labute approximate surface area is 184 Å². The first-order valence-electron chi connectivity index (χ1n) is 9.57. The summed E-state index contributed by atoms with van der Waals surface area (Å²) in [6.07, 6.45) is 2.19. The van der Waals surface area contributed by atoms with Crippen molar-refractivity contribution < 1.29 is 4.74 Å². The van der Waals surface area contributed by atoms with Gasteiger partial charge in [-0.3, -0.25) is 0 Å². The van der Waals surface area contributed by atoms with Crippen molar-refractivity contribution in [1.82, 2.24) is 15.3 Å². The van der Waals surface area contributed by atoms with E-state index in [2.05, 4.69) is 51.4 Å². The number of halogens is 1. The average molecular weight is 447 g/mol. The lowest BCUT2D eigenvalue weighted by molar-refractivity contribution is 0.0529. The molecule has 1 fully saturated rings. The summed E-state index contributed by atoms with van der Waals surface area (Å²) in [7, 11) is 0. The van der Waals surface area contributed by atoms with Gasteiger partial charge < -0.3 is 15.0 Å². The summed E-state index contributed by atoms with van der Waals surface area (Å²) in [5, 5.41) is 4.02. The lowest BCUT2D eigenvalue weighted by Crippen LogP contribution is -2.41. The molecule has 3 heterocycles. The second-order valence-electron chi connectivity index (χ2n) is 6.86. The normalized spacial score (nSPS) is 16.9. The molecular weight excluding hydrogens is 424 g/mol. The number of nitrogens with one attached hydrogen (secondary N) is 1. The van der Waals surface area contributed by atoms with Crippen molar-refractivity contribution in [3.05, 3.63) is 64.3 Å². The van der Waals surface area contributed by atoms with Crippen LogP contribution in [-0.4, -0.2) is 35.8 Å². The van der Waals surface area contributed by atoms with Crippen LogP contribution < -0.4 is 10.2 Å². The lowest BCUT2D eigenvalue weighted by atomic mass is 10.2. The Hall–Kier alpha value is -1.64. The molecule has 1 unspecified atom stereocenters. The van der Waals surface area contributed by atoms with Crippen LogP contribution in [0.1, 0.15) is 17.4 Å². The number of nitrogens with zero attached hydrogens (tertiary/aromatic N) is 3. The zero-order valence-corrected chi connectivity index (χ0v) is 18.6. The molecule has 1 aliphatic heterocycles. The summed E-state index contributed by atoms with van der Waals surface area (Å²) in [4.78, 5) is 13.6. The van der Waals surface area contributed by atoms with E-state index in [0.29, 0.717) is 11.7 Å². The van der Waals surface area contributed by atoms with Gasteiger partial charge in [-0.1, -0.05) is 47.6 Å². The number of anilines is 1. The summed E-state index contributed by atoms with van der Waals surface area (Å²) in [6.45, 7) is 6.06. The van der Waals surface area contributed by atoms with Gasteiger partial charge in [0.25, 0.3) is 0 Å². The third-order valence-corrected chi connectivity index (χ3v) is 7.12. The van der Waals surface area contributed by atoms with Crippen molar-refractivity contribution in [3.63, 3.8) is 0 Å². The Kier molecular flexibility index (Phi) is 7.05. The molecule has 0 saturated carbocycles. The van der Waals surface area contributed by atoms with Gasteiger partial charge in [-0.05, 0) is 30.7 Å². The molecule has 152 valence electrons. The zero-order chi connectivity index (χ0) is 20.1. The van der Waals surface area contributed by atoms with E-state index in [-0.39, 0.29) is 6.10 Å². The molecule has 8 heteroatoms. The van der Waals surface area contributed by atoms with Crippen LogP contribution in [0.25, 0.3) is 0 Å². The number of rotatable bonds is 7. The second kappa shape index (κ2) is 9.91. The highest BCUT2D eigenvalue weighted by Gasteiger charge is 2.17. The number of aromatic nitrogens is 2. The third kappa shape index (κ3) is 5.71. The molecule has 4 rings (SSSR count). The molecule has 1 saturated heterocycles. The van der Waals surface area contributed by atoms with Crippen LogP contribution in [0, 0.1) is 0 Å². The molecule has 1 atom stereocenters. The molecule has 0 amide bonds. The van der Waals surface area contributed by atoms with Crippen molar-refractivity contribution in [1.29, 1.82) is 0 Å². The summed E-state index contributed by atoms with van der Waals surface area (Å²) in [5.74, 6) is 1.01. The first kappa shape index (κ1) is 20.6. The molecule has 1 N–H and O–H groups in total. The number of pyridine rings is 1. The van der Waals surface area contributed by atoms with Crippen LogP contribution in [0.4, 0.5) is 5.82 Å². The molecule has 5 nitrogen and oxygen atoms in total. The standard InChI is InChI=1S/C21H23ClN4OS2/c1-15-14-26(9-10-27-15)19-8-7-16(12-24-19)11-23-13-18-20(22)25-21(29-18)28-17-5-3-2-4-6-17/h2-8,12,15,23H,9-11,13-14H2,1H3. The summed E-state index contributed by atoms with van der Waals surface area (Å²) in [5.41, 5.74) is 1.15. The molecule has 3 aromatic rings. The Morgan fingerprint density at radius 3 is 2.86 bits per heavy atom. The van der Waals surface area contributed by atoms with E-state index >= 15 is 0 Å². The highest BCUT2D eigenvalue weighted by molar-refractivity contribution is 8.01. The highest BCUT2D eigenvalue weighted by Crippen LogP contribution is 2.34. The van der Waals surface area contributed by atoms with E-state index in [0.717, 1.165) is 46.8 Å². The molecule has 1 aliphatic rings. The molecule has 2 aromatic heterocycles. The van der Waals surface area contributed by atoms with E-state index < -0.39 is 0 Å². The first-order valence-corrected chi connectivity index (χ1v) is 11.6. The van der Waals surface area contributed by atoms with Crippen molar-refractivity contribution in [2.45, 2.75) is 35.4 Å². The van der Waals surface area contributed by atoms with Gasteiger partial charge in [0, 0.05) is 37.3 Å². The Balaban J connectivity index is 1.29. The van der Waals surface area contributed by atoms with Crippen LogP contribution in [0.15, 0.2) is 57.9 Å². The van der Waals surface area contributed by atoms with Gasteiger partial charge in [0.2, 0.25) is 0 Å². The summed E-state index contributed by atoms with van der Waals surface area (Å²) >= 11 is 9.60. The Bertz CT molecular complexity index is 920. The Morgan fingerprint density at radius 2 is 2.10 bits per heavy atom. The smallest absolute Gasteiger partial charge is 0.156 e. The average Bonchev–Trinajstić information content (AvgIpc) is 3.08. The summed E-state index contributed by atoms with van der Waals surface area (Å²) in [6, 6.07) is 14.4. The number of thiazole rings is 1. The van der Waals surface area contributed by atoms with E-state index in [4.69, 9.17) is 16.3 Å². The van der Waals surface area contributed by atoms with Gasteiger partial charge in [-0.15, -0.1) is 11.3 Å². The number of benzene rings is 1. The van der Waals surface area contributed by atoms with Gasteiger partial charge in [0.15, 0.2) is 4.34 Å². The van der Waals surface area contributed by atoms with Gasteiger partial charge >= 0.3 is 0 Å². The van der Waals surface area contributed by atoms with Crippen LogP contribution in [0.5, 0.6) is 0 Å². The van der Waals surface area contributed by atoms with Crippen LogP contribution in [0.2, 0.25) is 5.15 Å². The SMILES string of the molecule is CC1CN(c2ccc(CNCc3sc(Sc4ccccc4)nc3Cl)cn2)CCO1. The van der Waals surface area contributed by atoms with Crippen LogP contribution in [-0.2, 0) is 17.8 Å². The molecule has 29 heavy (non-hydrogen) atoms. The van der Waals surface area contributed by atoms with Gasteiger partial charge in [0.05, 0.1) is 17.6 Å². The third-order valence-electron chi connectivity index (χ3n) is 4.57. The molecule has 0 radical (unpaired) electrons. The molecule has 0 bridgehead atoms. The van der Waals surface area contributed by atoms with Gasteiger partial charge in [-0.2, -0.15) is 0 Å². The number of ether oxygens (including phenoxy) is 1. The predicted octanol–water partition coefficient (Wildman–Crippen LogP) is 4.86. The van der Waals surface area contributed by atoms with Crippen molar-refractivity contribution >= 4 is 40.5 Å². The molecular formula is C21H23ClN4OS2. The monoisotopic (exact) mass is 446 g/mol. The van der Waals surface area contributed by atoms with E-state index in [1.807, 2.05) is 24.4 Å². The largest absolute Gasteiger partial charge is 0.375 e. The summed E-state index contributed by atoms with van der Waals surface area (Å²) < 4.78 is 6.56. The Morgan fingerprint density at radius 1 is 1.24 bits per heavy atom. The first-order chi connectivity index (χ1) is 14.2. The number of morpholine rings is 1. The fourth-order valence-electron chi connectivity index (χ4n) is 3.11. The van der Waals surface area contributed by atoms with Crippen molar-refractivity contribution in [3.8, 4) is 0 Å². The fourth-order valence-corrected chi connectivity index (χ4v) is 5.52. The predicted molar refractivity (Wildman–Crippen MR) is 120 cm³/mol. The molecule has 1 aromatic carbocycles. The quantitative estimate of drug-likeness (QED) is 0.559. The minimum Gasteiger partial charge on any atom is -0.375 e. The van der Waals surface area contributed by atoms with Crippen LogP contribution >= 0.6 is 34.7 Å². The van der Waals surface area contributed by atoms with E-state index in [9.17, 15) is 0 Å². The van der Waals surface area contributed by atoms with Gasteiger partial charge in [0.1, 0.15) is 11.0 Å². The topological polar surface area (TPSA) is 50.3 Å². The number of hydrogen-bond donors (Lipinski definition) is 1. The molecule has 0 aliphatic carbocycles. The second-order valence-corrected chi connectivity index (χ2v) is 9.63. The van der Waals surface area contributed by atoms with Gasteiger partial charge in [-0.25, -0.2) is 9.97 Å². The maximum Gasteiger partial charge on any atom is 0.156 e. The fraction of sp³-hybridized carbons (Fsp3) is 0.333. The minimum absolute atomic E-state index is 0.251. The van der Waals surface area contributed by atoms with Crippen molar-refractivity contribution in [2.24, 2.45) is 0 Å². The van der Waals surface area contributed by atoms with E-state index in [1.165, 1.54) is 4.90 Å². The zero-order valence-electron chi connectivity index (χ0n) is 16.2. The maximum atomic E-state index is 6.33.